The summed E-state index contributed by atoms with van der Waals surface area (Å²) in [7, 11) is 0. The van der Waals surface area contributed by atoms with E-state index in [0.29, 0.717) is 11.7 Å². The molecular formula is C13H18BrN3O. The number of ether oxygens (including phenoxy) is 1. The Morgan fingerprint density at radius 3 is 2.56 bits per heavy atom. The molecular weight excluding hydrogens is 294 g/mol. The molecule has 3 rings (SSSR count). The third-order valence-electron chi connectivity index (χ3n) is 3.88. The van der Waals surface area contributed by atoms with Crippen LogP contribution < -0.4 is 5.73 Å². The Balaban J connectivity index is 1.95. The Morgan fingerprint density at radius 2 is 1.89 bits per heavy atom. The SMILES string of the molecule is Nc1nc(C2CCCO2)nc(C2CCCC2)c1Br. The van der Waals surface area contributed by atoms with Gasteiger partial charge in [0.15, 0.2) is 5.82 Å². The highest BCUT2D eigenvalue weighted by molar-refractivity contribution is 9.10. The Morgan fingerprint density at radius 1 is 1.11 bits per heavy atom. The first-order valence-electron chi connectivity index (χ1n) is 6.70. The molecule has 1 aromatic heterocycles. The van der Waals surface area contributed by atoms with Crippen molar-refractivity contribution in [3.63, 3.8) is 0 Å². The van der Waals surface area contributed by atoms with Gasteiger partial charge in [0.2, 0.25) is 0 Å². The molecule has 2 N–H and O–H groups in total. The lowest BCUT2D eigenvalue weighted by atomic mass is 10.0. The molecule has 1 saturated carbocycles. The summed E-state index contributed by atoms with van der Waals surface area (Å²) < 4.78 is 6.54. The zero-order valence-electron chi connectivity index (χ0n) is 10.4. The molecule has 0 aromatic carbocycles. The van der Waals surface area contributed by atoms with Gasteiger partial charge in [-0.05, 0) is 41.6 Å². The van der Waals surface area contributed by atoms with Crippen LogP contribution in [0.3, 0.4) is 0 Å². The average Bonchev–Trinajstić information content (AvgIpc) is 3.03. The molecule has 1 saturated heterocycles. The van der Waals surface area contributed by atoms with Crippen molar-refractivity contribution < 1.29 is 4.74 Å². The van der Waals surface area contributed by atoms with Crippen LogP contribution in [0.4, 0.5) is 5.82 Å². The molecule has 1 aliphatic carbocycles. The maximum Gasteiger partial charge on any atom is 0.159 e. The smallest absolute Gasteiger partial charge is 0.159 e. The van der Waals surface area contributed by atoms with Crippen LogP contribution in [0.2, 0.25) is 0 Å². The lowest BCUT2D eigenvalue weighted by Crippen LogP contribution is -2.11. The van der Waals surface area contributed by atoms with Crippen LogP contribution in [0.15, 0.2) is 4.47 Å². The van der Waals surface area contributed by atoms with Crippen LogP contribution in [0, 0.1) is 0 Å². The molecule has 0 spiro atoms. The fraction of sp³-hybridized carbons (Fsp3) is 0.692. The van der Waals surface area contributed by atoms with E-state index in [1.807, 2.05) is 0 Å². The minimum Gasteiger partial charge on any atom is -0.383 e. The van der Waals surface area contributed by atoms with Crippen LogP contribution in [-0.2, 0) is 4.74 Å². The molecule has 98 valence electrons. The molecule has 5 heteroatoms. The van der Waals surface area contributed by atoms with Crippen molar-refractivity contribution >= 4 is 21.7 Å². The largest absolute Gasteiger partial charge is 0.383 e. The highest BCUT2D eigenvalue weighted by Crippen LogP contribution is 2.39. The van der Waals surface area contributed by atoms with Gasteiger partial charge in [-0.2, -0.15) is 0 Å². The number of hydrogen-bond acceptors (Lipinski definition) is 4. The zero-order valence-corrected chi connectivity index (χ0v) is 11.9. The van der Waals surface area contributed by atoms with Gasteiger partial charge in [0.25, 0.3) is 0 Å². The number of aromatic nitrogens is 2. The summed E-state index contributed by atoms with van der Waals surface area (Å²) in [6.07, 6.45) is 7.13. The van der Waals surface area contributed by atoms with Crippen LogP contribution in [-0.4, -0.2) is 16.6 Å². The number of nitrogen functional groups attached to an aromatic ring is 1. The molecule has 1 atom stereocenters. The van der Waals surface area contributed by atoms with Gasteiger partial charge in [0, 0.05) is 12.5 Å². The van der Waals surface area contributed by atoms with Crippen molar-refractivity contribution in [1.29, 1.82) is 0 Å². The molecule has 1 unspecified atom stereocenters. The van der Waals surface area contributed by atoms with Crippen molar-refractivity contribution in [3.05, 3.63) is 16.0 Å². The maximum atomic E-state index is 6.00. The minimum atomic E-state index is 0.0422. The highest BCUT2D eigenvalue weighted by Gasteiger charge is 2.27. The summed E-state index contributed by atoms with van der Waals surface area (Å²) in [5, 5.41) is 0. The van der Waals surface area contributed by atoms with E-state index in [-0.39, 0.29) is 6.10 Å². The van der Waals surface area contributed by atoms with E-state index in [9.17, 15) is 0 Å². The fourth-order valence-corrected chi connectivity index (χ4v) is 3.40. The van der Waals surface area contributed by atoms with E-state index >= 15 is 0 Å². The molecule has 2 fully saturated rings. The maximum absolute atomic E-state index is 6.00. The minimum absolute atomic E-state index is 0.0422. The number of rotatable bonds is 2. The van der Waals surface area contributed by atoms with Crippen molar-refractivity contribution in [2.75, 3.05) is 12.3 Å². The van der Waals surface area contributed by atoms with Crippen LogP contribution in [0.1, 0.15) is 62.1 Å². The van der Waals surface area contributed by atoms with Gasteiger partial charge in [-0.1, -0.05) is 12.8 Å². The predicted molar refractivity (Wildman–Crippen MR) is 73.3 cm³/mol. The molecule has 18 heavy (non-hydrogen) atoms. The lowest BCUT2D eigenvalue weighted by molar-refractivity contribution is 0.105. The molecule has 4 nitrogen and oxygen atoms in total. The van der Waals surface area contributed by atoms with E-state index in [0.717, 1.165) is 35.4 Å². The third kappa shape index (κ3) is 2.26. The summed E-state index contributed by atoms with van der Waals surface area (Å²) in [6, 6.07) is 0. The molecule has 2 heterocycles. The molecule has 0 bridgehead atoms. The van der Waals surface area contributed by atoms with Crippen molar-refractivity contribution in [2.45, 2.75) is 50.5 Å². The van der Waals surface area contributed by atoms with Gasteiger partial charge in [0.05, 0.1) is 10.2 Å². The first-order chi connectivity index (χ1) is 8.75. The normalized spacial score (nSPS) is 24.8. The number of nitrogens with two attached hydrogens (primary N) is 1. The first-order valence-corrected chi connectivity index (χ1v) is 7.49. The molecule has 0 radical (unpaired) electrons. The Hall–Kier alpha value is -0.680. The quantitative estimate of drug-likeness (QED) is 0.910. The number of halogens is 1. The average molecular weight is 312 g/mol. The van der Waals surface area contributed by atoms with Gasteiger partial charge in [-0.15, -0.1) is 0 Å². The zero-order chi connectivity index (χ0) is 12.5. The van der Waals surface area contributed by atoms with E-state index in [1.54, 1.807) is 0 Å². The van der Waals surface area contributed by atoms with Crippen LogP contribution in [0.5, 0.6) is 0 Å². The second-order valence-corrected chi connectivity index (χ2v) is 5.94. The van der Waals surface area contributed by atoms with Gasteiger partial charge in [-0.3, -0.25) is 0 Å². The number of anilines is 1. The summed E-state index contributed by atoms with van der Waals surface area (Å²) in [6.45, 7) is 0.808. The van der Waals surface area contributed by atoms with E-state index < -0.39 is 0 Å². The molecule has 2 aliphatic rings. The number of hydrogen-bond donors (Lipinski definition) is 1. The van der Waals surface area contributed by atoms with Crippen molar-refractivity contribution in [2.24, 2.45) is 0 Å². The van der Waals surface area contributed by atoms with Gasteiger partial charge >= 0.3 is 0 Å². The first kappa shape index (κ1) is 12.4. The standard InChI is InChI=1S/C13H18BrN3O/c14-10-11(8-4-1-2-5-8)16-13(17-12(10)15)9-6-3-7-18-9/h8-9H,1-7H2,(H2,15,16,17). The van der Waals surface area contributed by atoms with Crippen LogP contribution in [0.25, 0.3) is 0 Å². The van der Waals surface area contributed by atoms with E-state index in [4.69, 9.17) is 15.5 Å². The molecule has 0 amide bonds. The summed E-state index contributed by atoms with van der Waals surface area (Å²) in [5.41, 5.74) is 7.09. The molecule has 1 aromatic rings. The van der Waals surface area contributed by atoms with E-state index in [2.05, 4.69) is 20.9 Å². The van der Waals surface area contributed by atoms with Gasteiger partial charge in [0.1, 0.15) is 11.9 Å². The second kappa shape index (κ2) is 5.13. The highest BCUT2D eigenvalue weighted by atomic mass is 79.9. The monoisotopic (exact) mass is 311 g/mol. The number of nitrogens with zero attached hydrogens (tertiary/aromatic N) is 2. The second-order valence-electron chi connectivity index (χ2n) is 5.15. The van der Waals surface area contributed by atoms with Gasteiger partial charge in [-0.25, -0.2) is 9.97 Å². The Kier molecular flexibility index (Phi) is 3.52. The summed E-state index contributed by atoms with van der Waals surface area (Å²) in [5.74, 6) is 1.86. The lowest BCUT2D eigenvalue weighted by Gasteiger charge is -2.16. The van der Waals surface area contributed by atoms with Crippen LogP contribution >= 0.6 is 15.9 Å². The van der Waals surface area contributed by atoms with Crippen molar-refractivity contribution in [1.82, 2.24) is 9.97 Å². The topological polar surface area (TPSA) is 61.0 Å². The summed E-state index contributed by atoms with van der Waals surface area (Å²) >= 11 is 3.54. The van der Waals surface area contributed by atoms with E-state index in [1.165, 1.54) is 25.7 Å². The third-order valence-corrected chi connectivity index (χ3v) is 4.69. The fourth-order valence-electron chi connectivity index (χ4n) is 2.90. The predicted octanol–water partition coefficient (Wildman–Crippen LogP) is 3.33. The van der Waals surface area contributed by atoms with Crippen molar-refractivity contribution in [3.8, 4) is 0 Å². The van der Waals surface area contributed by atoms with Gasteiger partial charge < -0.3 is 10.5 Å². The summed E-state index contributed by atoms with van der Waals surface area (Å²) in [4.78, 5) is 9.12. The molecule has 1 aliphatic heterocycles. The Bertz CT molecular complexity index is 440. The Labute approximate surface area is 115 Å².